The van der Waals surface area contributed by atoms with Crippen molar-refractivity contribution in [3.63, 3.8) is 0 Å². The molecule has 0 aromatic heterocycles. The summed E-state index contributed by atoms with van der Waals surface area (Å²) in [4.78, 5) is 0. The van der Waals surface area contributed by atoms with Crippen LogP contribution in [0.15, 0.2) is 12.1 Å². The number of hydrogen-bond donors (Lipinski definition) is 1. The highest BCUT2D eigenvalue weighted by Crippen LogP contribution is 2.66. The van der Waals surface area contributed by atoms with Gasteiger partial charge in [-0.2, -0.15) is 0 Å². The van der Waals surface area contributed by atoms with Crippen LogP contribution in [0.2, 0.25) is 0 Å². The van der Waals surface area contributed by atoms with Crippen molar-refractivity contribution in [2.75, 3.05) is 0 Å². The Morgan fingerprint density at radius 3 is 2.25 bits per heavy atom. The van der Waals surface area contributed by atoms with Crippen LogP contribution in [0.1, 0.15) is 82.9 Å². The molecule has 1 nitrogen and oxygen atoms in total. The summed E-state index contributed by atoms with van der Waals surface area (Å²) in [5, 5.41) is 11.8. The molecular weight excluding hydrogens is 360 g/mol. The van der Waals surface area contributed by atoms with Crippen molar-refractivity contribution >= 4 is 15.9 Å². The van der Waals surface area contributed by atoms with E-state index < -0.39 is 0 Å². The molecule has 4 bridgehead atoms. The predicted molar refractivity (Wildman–Crippen MR) is 104 cm³/mol. The maximum Gasteiger partial charge on any atom is 0.123 e. The highest BCUT2D eigenvalue weighted by molar-refractivity contribution is 9.08. The van der Waals surface area contributed by atoms with Gasteiger partial charge in [-0.05, 0) is 66.8 Å². The summed E-state index contributed by atoms with van der Waals surface area (Å²) in [5.41, 5.74) is 4.55. The van der Waals surface area contributed by atoms with Crippen LogP contribution in [0, 0.1) is 17.3 Å². The molecule has 0 heterocycles. The zero-order valence-electron chi connectivity index (χ0n) is 15.6. The zero-order valence-corrected chi connectivity index (χ0v) is 17.2. The fourth-order valence-electron chi connectivity index (χ4n) is 6.67. The molecule has 0 spiro atoms. The average Bonchev–Trinajstić information content (AvgIpc) is 2.43. The van der Waals surface area contributed by atoms with Crippen LogP contribution < -0.4 is 0 Å². The van der Waals surface area contributed by atoms with Crippen LogP contribution in [-0.2, 0) is 16.2 Å². The second-order valence-electron chi connectivity index (χ2n) is 10.5. The maximum absolute atomic E-state index is 11.1. The van der Waals surface area contributed by atoms with Gasteiger partial charge in [0.05, 0.1) is 0 Å². The van der Waals surface area contributed by atoms with Crippen LogP contribution in [-0.4, -0.2) is 5.11 Å². The van der Waals surface area contributed by atoms with Crippen LogP contribution in [0.4, 0.5) is 0 Å². The third-order valence-electron chi connectivity index (χ3n) is 7.12. The molecule has 1 aromatic carbocycles. The Bertz CT molecular complexity index is 655. The Morgan fingerprint density at radius 1 is 1.12 bits per heavy atom. The molecule has 4 fully saturated rings. The number of hydrogen-bond acceptors (Lipinski definition) is 1. The molecule has 4 aliphatic carbocycles. The van der Waals surface area contributed by atoms with E-state index in [2.05, 4.69) is 55.8 Å². The van der Waals surface area contributed by atoms with Gasteiger partial charge in [-0.25, -0.2) is 0 Å². The van der Waals surface area contributed by atoms with Gasteiger partial charge in [0.2, 0.25) is 0 Å². The zero-order chi connectivity index (χ0) is 17.3. The Hall–Kier alpha value is -0.500. The van der Waals surface area contributed by atoms with E-state index in [0.29, 0.717) is 11.2 Å². The van der Waals surface area contributed by atoms with E-state index >= 15 is 0 Å². The topological polar surface area (TPSA) is 20.2 Å². The van der Waals surface area contributed by atoms with Crippen molar-refractivity contribution in [2.45, 2.75) is 82.4 Å². The molecule has 1 aromatic rings. The van der Waals surface area contributed by atoms with Gasteiger partial charge in [0, 0.05) is 21.9 Å². The van der Waals surface area contributed by atoms with Crippen LogP contribution >= 0.6 is 15.9 Å². The van der Waals surface area contributed by atoms with E-state index in [0.717, 1.165) is 22.7 Å². The third-order valence-corrected chi connectivity index (χ3v) is 7.73. The fourth-order valence-corrected chi connectivity index (χ4v) is 7.10. The number of rotatable bonds is 2. The third kappa shape index (κ3) is 2.55. The highest BCUT2D eigenvalue weighted by atomic mass is 79.9. The summed E-state index contributed by atoms with van der Waals surface area (Å²) < 4.78 is 0. The molecule has 2 unspecified atom stereocenters. The summed E-state index contributed by atoms with van der Waals surface area (Å²) >= 11 is 3.60. The van der Waals surface area contributed by atoms with E-state index in [4.69, 9.17) is 0 Å². The molecule has 0 aliphatic heterocycles. The second kappa shape index (κ2) is 5.25. The fraction of sp³-hybridized carbons (Fsp3) is 0.727. The number of benzene rings is 1. The van der Waals surface area contributed by atoms with Crippen molar-refractivity contribution in [1.29, 1.82) is 0 Å². The summed E-state index contributed by atoms with van der Waals surface area (Å²) in [6, 6.07) is 4.56. The van der Waals surface area contributed by atoms with Gasteiger partial charge in [0.15, 0.2) is 0 Å². The number of phenols is 1. The first-order chi connectivity index (χ1) is 11.1. The molecule has 1 N–H and O–H groups in total. The molecule has 24 heavy (non-hydrogen) atoms. The lowest BCUT2D eigenvalue weighted by Crippen LogP contribution is -2.53. The standard InChI is InChI=1S/C22H31BrO/c1-20(2,3)17-6-16(12-23)19(24)18(7-17)22-10-14-5-15(11-22)9-21(4,8-14)13-22/h6-7,14-15,24H,5,8-13H2,1-4H3. The van der Waals surface area contributed by atoms with Crippen LogP contribution in [0.3, 0.4) is 0 Å². The normalized spacial score (nSPS) is 37.9. The molecule has 5 rings (SSSR count). The maximum atomic E-state index is 11.1. The summed E-state index contributed by atoms with van der Waals surface area (Å²) in [7, 11) is 0. The lowest BCUT2D eigenvalue weighted by molar-refractivity contribution is -0.0622. The molecular formula is C22H31BrO. The lowest BCUT2D eigenvalue weighted by Gasteiger charge is -2.61. The minimum absolute atomic E-state index is 0.117. The molecule has 4 aliphatic rings. The first kappa shape index (κ1) is 16.9. The largest absolute Gasteiger partial charge is 0.507 e. The quantitative estimate of drug-likeness (QED) is 0.575. The Labute approximate surface area is 155 Å². The minimum atomic E-state index is 0.117. The molecule has 2 heteroatoms. The summed E-state index contributed by atoms with van der Waals surface area (Å²) in [5.74, 6) is 2.33. The molecule has 0 amide bonds. The summed E-state index contributed by atoms with van der Waals surface area (Å²) in [6.07, 6.45) is 8.12. The van der Waals surface area contributed by atoms with E-state index in [1.165, 1.54) is 49.7 Å². The average molecular weight is 391 g/mol. The van der Waals surface area contributed by atoms with Gasteiger partial charge in [0.1, 0.15) is 5.75 Å². The van der Waals surface area contributed by atoms with Crippen LogP contribution in [0.25, 0.3) is 0 Å². The van der Waals surface area contributed by atoms with E-state index in [-0.39, 0.29) is 10.8 Å². The molecule has 2 atom stereocenters. The van der Waals surface area contributed by atoms with Gasteiger partial charge in [0.25, 0.3) is 0 Å². The molecule has 4 saturated carbocycles. The van der Waals surface area contributed by atoms with E-state index in [1.807, 2.05) is 0 Å². The van der Waals surface area contributed by atoms with Gasteiger partial charge in [-0.1, -0.05) is 55.8 Å². The molecule has 0 saturated heterocycles. The Morgan fingerprint density at radius 2 is 1.75 bits per heavy atom. The van der Waals surface area contributed by atoms with E-state index in [1.54, 1.807) is 0 Å². The van der Waals surface area contributed by atoms with Gasteiger partial charge < -0.3 is 5.11 Å². The molecule has 0 radical (unpaired) electrons. The first-order valence-corrected chi connectivity index (χ1v) is 10.7. The highest BCUT2D eigenvalue weighted by Gasteiger charge is 2.57. The number of halogens is 1. The second-order valence-corrected chi connectivity index (χ2v) is 11.0. The van der Waals surface area contributed by atoms with Crippen molar-refractivity contribution in [1.82, 2.24) is 0 Å². The van der Waals surface area contributed by atoms with Gasteiger partial charge in [-0.3, -0.25) is 0 Å². The predicted octanol–water partition coefficient (Wildman–Crippen LogP) is 6.44. The molecule has 132 valence electrons. The number of alkyl halides is 1. The van der Waals surface area contributed by atoms with Crippen molar-refractivity contribution < 1.29 is 5.11 Å². The van der Waals surface area contributed by atoms with Crippen molar-refractivity contribution in [3.8, 4) is 5.75 Å². The Kier molecular flexibility index (Phi) is 3.71. The number of aromatic hydroxyl groups is 1. The van der Waals surface area contributed by atoms with Gasteiger partial charge >= 0.3 is 0 Å². The van der Waals surface area contributed by atoms with Crippen molar-refractivity contribution in [2.24, 2.45) is 17.3 Å². The SMILES string of the molecule is CC12CC3CC(C1)CC(c1cc(C(C)(C)C)cc(CBr)c1O)(C3)C2. The monoisotopic (exact) mass is 390 g/mol. The lowest BCUT2D eigenvalue weighted by atomic mass is 9.43. The summed E-state index contributed by atoms with van der Waals surface area (Å²) in [6.45, 7) is 9.35. The van der Waals surface area contributed by atoms with Gasteiger partial charge in [-0.15, -0.1) is 0 Å². The van der Waals surface area contributed by atoms with E-state index in [9.17, 15) is 5.11 Å². The smallest absolute Gasteiger partial charge is 0.123 e. The number of phenolic OH excluding ortho intramolecular Hbond substituents is 1. The minimum Gasteiger partial charge on any atom is -0.507 e. The van der Waals surface area contributed by atoms with Crippen molar-refractivity contribution in [3.05, 3.63) is 28.8 Å². The Balaban J connectivity index is 1.87. The van der Waals surface area contributed by atoms with Crippen LogP contribution in [0.5, 0.6) is 5.75 Å². The first-order valence-electron chi connectivity index (χ1n) is 9.57.